The van der Waals surface area contributed by atoms with Gasteiger partial charge in [-0.2, -0.15) is 13.2 Å². The van der Waals surface area contributed by atoms with Gasteiger partial charge >= 0.3 is 6.18 Å². The summed E-state index contributed by atoms with van der Waals surface area (Å²) in [6.45, 7) is 4.52. The second-order valence-electron chi connectivity index (χ2n) is 8.84. The fourth-order valence-corrected chi connectivity index (χ4v) is 3.76. The van der Waals surface area contributed by atoms with E-state index >= 15 is 0 Å². The van der Waals surface area contributed by atoms with Crippen LogP contribution in [0, 0.1) is 5.92 Å². The Labute approximate surface area is 208 Å². The molecule has 3 N–H and O–H groups in total. The van der Waals surface area contributed by atoms with Gasteiger partial charge in [0.05, 0.1) is 12.2 Å². The molecule has 11 heteroatoms. The van der Waals surface area contributed by atoms with Gasteiger partial charge in [-0.25, -0.2) is 4.98 Å². The molecule has 1 saturated heterocycles. The topological polar surface area (TPSA) is 102 Å². The first-order chi connectivity index (χ1) is 17.1. The highest BCUT2D eigenvalue weighted by molar-refractivity contribution is 5.78. The van der Waals surface area contributed by atoms with Crippen LogP contribution in [-0.2, 0) is 27.0 Å². The van der Waals surface area contributed by atoms with Crippen molar-refractivity contribution in [2.24, 2.45) is 5.92 Å². The van der Waals surface area contributed by atoms with Gasteiger partial charge < -0.3 is 20.1 Å². The summed E-state index contributed by atoms with van der Waals surface area (Å²) < 4.78 is 52.0. The number of hydrogen-bond donors (Lipinski definition) is 3. The molecule has 1 aliphatic heterocycles. The van der Waals surface area contributed by atoms with E-state index in [1.807, 2.05) is 0 Å². The lowest BCUT2D eigenvalue weighted by Gasteiger charge is -2.33. The SMILES string of the molecule is COCCCOc1ccc(C2CC(=O)NC(c3cc(CNC(=O)C(C)C)ccc3C(F)(F)F)N2)cn1. The Bertz CT molecular complexity index is 1040. The molecule has 0 radical (unpaired) electrons. The van der Waals surface area contributed by atoms with Crippen LogP contribution in [0.1, 0.15) is 61.2 Å². The Kier molecular flexibility index (Phi) is 9.27. The monoisotopic (exact) mass is 508 g/mol. The summed E-state index contributed by atoms with van der Waals surface area (Å²) in [5.41, 5.74) is 0.149. The summed E-state index contributed by atoms with van der Waals surface area (Å²) >= 11 is 0. The number of methoxy groups -OCH3 is 1. The van der Waals surface area contributed by atoms with Gasteiger partial charge in [-0.05, 0) is 23.3 Å². The third-order valence-corrected chi connectivity index (χ3v) is 5.69. The van der Waals surface area contributed by atoms with Crippen molar-refractivity contribution in [1.29, 1.82) is 0 Å². The van der Waals surface area contributed by atoms with Gasteiger partial charge in [-0.15, -0.1) is 0 Å². The number of alkyl halides is 3. The molecule has 0 saturated carbocycles. The van der Waals surface area contributed by atoms with Crippen molar-refractivity contribution in [3.05, 3.63) is 58.8 Å². The van der Waals surface area contributed by atoms with Crippen molar-refractivity contribution in [2.45, 2.75) is 51.6 Å². The first-order valence-electron chi connectivity index (χ1n) is 11.7. The number of ether oxygens (including phenoxy) is 2. The normalized spacial score (nSPS) is 18.1. The molecular formula is C25H31F3N4O4. The quantitative estimate of drug-likeness (QED) is 0.424. The predicted octanol–water partition coefficient (Wildman–Crippen LogP) is 3.64. The maximum absolute atomic E-state index is 13.8. The Morgan fingerprint density at radius 3 is 2.64 bits per heavy atom. The molecule has 1 aromatic carbocycles. The molecule has 2 unspecified atom stereocenters. The number of carbonyl (C=O) groups excluding carboxylic acids is 2. The van der Waals surface area contributed by atoms with Gasteiger partial charge in [0.25, 0.3) is 0 Å². The molecule has 196 valence electrons. The van der Waals surface area contributed by atoms with E-state index < -0.39 is 29.9 Å². The first-order valence-corrected chi connectivity index (χ1v) is 11.7. The number of hydrogen-bond acceptors (Lipinski definition) is 6. The van der Waals surface area contributed by atoms with Crippen LogP contribution in [0.2, 0.25) is 0 Å². The first kappa shape index (κ1) is 27.4. The number of rotatable bonds is 10. The molecule has 0 bridgehead atoms. The molecule has 1 aromatic heterocycles. The van der Waals surface area contributed by atoms with Crippen LogP contribution in [0.3, 0.4) is 0 Å². The van der Waals surface area contributed by atoms with Gasteiger partial charge in [0.15, 0.2) is 0 Å². The number of nitrogens with one attached hydrogen (secondary N) is 3. The minimum atomic E-state index is -4.63. The summed E-state index contributed by atoms with van der Waals surface area (Å²) in [6, 6.07) is 6.49. The van der Waals surface area contributed by atoms with Crippen LogP contribution in [0.5, 0.6) is 5.88 Å². The number of aromatic nitrogens is 1. The lowest BCUT2D eigenvalue weighted by molar-refractivity contribution is -0.139. The summed E-state index contributed by atoms with van der Waals surface area (Å²) in [5.74, 6) is -0.452. The van der Waals surface area contributed by atoms with E-state index in [9.17, 15) is 22.8 Å². The number of carbonyl (C=O) groups is 2. The number of nitrogens with zero attached hydrogens (tertiary/aromatic N) is 1. The zero-order valence-corrected chi connectivity index (χ0v) is 20.4. The van der Waals surface area contributed by atoms with Gasteiger partial charge in [-0.3, -0.25) is 14.9 Å². The third kappa shape index (κ3) is 7.41. The highest BCUT2D eigenvalue weighted by atomic mass is 19.4. The van der Waals surface area contributed by atoms with Crippen LogP contribution < -0.4 is 20.7 Å². The Morgan fingerprint density at radius 1 is 1.22 bits per heavy atom. The number of benzene rings is 1. The predicted molar refractivity (Wildman–Crippen MR) is 126 cm³/mol. The molecule has 8 nitrogen and oxygen atoms in total. The molecule has 2 atom stereocenters. The van der Waals surface area contributed by atoms with Crippen LogP contribution >= 0.6 is 0 Å². The molecule has 36 heavy (non-hydrogen) atoms. The molecule has 3 rings (SSSR count). The largest absolute Gasteiger partial charge is 0.478 e. The number of pyridine rings is 1. The Morgan fingerprint density at radius 2 is 2.00 bits per heavy atom. The average molecular weight is 509 g/mol. The molecule has 2 aromatic rings. The van der Waals surface area contributed by atoms with Crippen LogP contribution in [0.25, 0.3) is 0 Å². The van der Waals surface area contributed by atoms with Crippen LogP contribution in [0.4, 0.5) is 13.2 Å². The second-order valence-corrected chi connectivity index (χ2v) is 8.84. The van der Waals surface area contributed by atoms with Crippen molar-refractivity contribution < 1.29 is 32.2 Å². The number of amides is 2. The maximum Gasteiger partial charge on any atom is 0.416 e. The summed E-state index contributed by atoms with van der Waals surface area (Å²) in [5, 5.41) is 8.42. The fraction of sp³-hybridized carbons (Fsp3) is 0.480. The summed E-state index contributed by atoms with van der Waals surface area (Å²) in [7, 11) is 1.60. The number of halogens is 3. The standard InChI is InChI=1S/C25H31F3N4O4/c1-15(2)24(34)30-13-16-5-7-19(25(26,27)28)18(11-16)23-31-20(12-21(33)32-23)17-6-8-22(29-14-17)36-10-4-9-35-3/h5-8,11,14-15,20,23,31H,4,9-10,12-13H2,1-3H3,(H,30,34)(H,32,33). The maximum atomic E-state index is 13.8. The zero-order valence-electron chi connectivity index (χ0n) is 20.4. The van der Waals surface area contributed by atoms with Gasteiger partial charge in [-0.1, -0.05) is 26.0 Å². The molecule has 2 heterocycles. The van der Waals surface area contributed by atoms with E-state index in [2.05, 4.69) is 20.9 Å². The highest BCUT2D eigenvalue weighted by Gasteiger charge is 2.38. The molecule has 2 amide bonds. The second kappa shape index (κ2) is 12.2. The van der Waals surface area contributed by atoms with E-state index in [4.69, 9.17) is 9.47 Å². The summed E-state index contributed by atoms with van der Waals surface area (Å²) in [4.78, 5) is 28.6. The van der Waals surface area contributed by atoms with E-state index in [0.29, 0.717) is 36.6 Å². The van der Waals surface area contributed by atoms with E-state index in [-0.39, 0.29) is 30.4 Å². The Hall–Kier alpha value is -3.18. The minimum Gasteiger partial charge on any atom is -0.478 e. The minimum absolute atomic E-state index is 0.0394. The lowest BCUT2D eigenvalue weighted by Crippen LogP contribution is -2.47. The molecule has 0 aliphatic carbocycles. The van der Waals surface area contributed by atoms with Crippen molar-refractivity contribution in [3.63, 3.8) is 0 Å². The smallest absolute Gasteiger partial charge is 0.416 e. The van der Waals surface area contributed by atoms with Crippen molar-refractivity contribution in [2.75, 3.05) is 20.3 Å². The van der Waals surface area contributed by atoms with Crippen LogP contribution in [-0.4, -0.2) is 37.1 Å². The van der Waals surface area contributed by atoms with E-state index in [1.165, 1.54) is 12.1 Å². The zero-order chi connectivity index (χ0) is 26.3. The van der Waals surface area contributed by atoms with Gasteiger partial charge in [0.1, 0.15) is 6.17 Å². The van der Waals surface area contributed by atoms with Crippen molar-refractivity contribution >= 4 is 11.8 Å². The van der Waals surface area contributed by atoms with Crippen LogP contribution in [0.15, 0.2) is 36.5 Å². The van der Waals surface area contributed by atoms with Gasteiger partial charge in [0, 0.05) is 62.9 Å². The average Bonchev–Trinajstić information content (AvgIpc) is 2.84. The van der Waals surface area contributed by atoms with Crippen molar-refractivity contribution in [3.8, 4) is 5.88 Å². The fourth-order valence-electron chi connectivity index (χ4n) is 3.76. The highest BCUT2D eigenvalue weighted by Crippen LogP contribution is 2.36. The van der Waals surface area contributed by atoms with Crippen molar-refractivity contribution in [1.82, 2.24) is 20.9 Å². The summed E-state index contributed by atoms with van der Waals surface area (Å²) in [6.07, 6.45) is -3.43. The Balaban J connectivity index is 1.80. The molecule has 0 spiro atoms. The van der Waals surface area contributed by atoms with Gasteiger partial charge in [0.2, 0.25) is 17.7 Å². The van der Waals surface area contributed by atoms with E-state index in [1.54, 1.807) is 39.3 Å². The third-order valence-electron chi connectivity index (χ3n) is 5.69. The lowest BCUT2D eigenvalue weighted by atomic mass is 9.96. The molecule has 1 aliphatic rings. The van der Waals surface area contributed by atoms with E-state index in [0.717, 1.165) is 6.07 Å². The molecular weight excluding hydrogens is 477 g/mol. The molecule has 1 fully saturated rings.